The van der Waals surface area contributed by atoms with Gasteiger partial charge in [-0.05, 0) is 49.2 Å². The van der Waals surface area contributed by atoms with E-state index in [1.165, 1.54) is 11.9 Å². The van der Waals surface area contributed by atoms with Gasteiger partial charge in [-0.1, -0.05) is 17.7 Å². The summed E-state index contributed by atoms with van der Waals surface area (Å²) in [6.07, 6.45) is 2.42. The van der Waals surface area contributed by atoms with Gasteiger partial charge in [-0.15, -0.1) is 10.2 Å². The average molecular weight is 472 g/mol. The second-order valence-electron chi connectivity index (χ2n) is 6.80. The predicted octanol–water partition coefficient (Wildman–Crippen LogP) is 4.33. The first-order valence-corrected chi connectivity index (χ1v) is 11.1. The molecule has 0 unspecified atom stereocenters. The van der Waals surface area contributed by atoms with Crippen molar-refractivity contribution in [2.75, 3.05) is 24.7 Å². The first kappa shape index (κ1) is 22.0. The van der Waals surface area contributed by atoms with Crippen molar-refractivity contribution in [2.24, 2.45) is 0 Å². The maximum absolute atomic E-state index is 5.91. The van der Waals surface area contributed by atoms with Gasteiger partial charge in [-0.3, -0.25) is 19.4 Å². The van der Waals surface area contributed by atoms with Crippen molar-refractivity contribution in [1.29, 1.82) is 0 Å². The fourth-order valence-electron chi connectivity index (χ4n) is 3.14. The number of anilines is 1. The summed E-state index contributed by atoms with van der Waals surface area (Å²) in [4.78, 5) is 4.33. The Morgan fingerprint density at radius 2 is 1.91 bits per heavy atom. The van der Waals surface area contributed by atoms with E-state index < -0.39 is 0 Å². The van der Waals surface area contributed by atoms with Crippen molar-refractivity contribution < 1.29 is 9.47 Å². The van der Waals surface area contributed by atoms with Crippen molar-refractivity contribution >= 4 is 29.5 Å². The highest BCUT2D eigenvalue weighted by Crippen LogP contribution is 2.37. The zero-order chi connectivity index (χ0) is 22.5. The number of halogens is 1. The minimum Gasteiger partial charge on any atom is -0.494 e. The molecule has 0 spiro atoms. The second kappa shape index (κ2) is 9.92. The number of ether oxygens (including phenoxy) is 2. The Hall–Kier alpha value is -3.24. The highest BCUT2D eigenvalue weighted by atomic mass is 35.5. The van der Waals surface area contributed by atoms with Gasteiger partial charge in [0.1, 0.15) is 22.9 Å². The third-order valence-electron chi connectivity index (χ3n) is 4.64. The molecule has 0 amide bonds. The number of para-hydroxylation sites is 1. The summed E-state index contributed by atoms with van der Waals surface area (Å²) < 4.78 is 16.4. The van der Waals surface area contributed by atoms with Crippen LogP contribution in [0.15, 0.2) is 42.6 Å². The summed E-state index contributed by atoms with van der Waals surface area (Å²) >= 11 is 7.41. The van der Waals surface area contributed by atoms with E-state index >= 15 is 0 Å². The van der Waals surface area contributed by atoms with Gasteiger partial charge >= 0.3 is 0 Å². The average Bonchev–Trinajstić information content (AvgIpc) is 3.43. The van der Waals surface area contributed by atoms with Gasteiger partial charge in [0.05, 0.1) is 19.2 Å². The predicted molar refractivity (Wildman–Crippen MR) is 126 cm³/mol. The van der Waals surface area contributed by atoms with Crippen LogP contribution in [-0.2, 0) is 6.42 Å². The first-order chi connectivity index (χ1) is 15.6. The van der Waals surface area contributed by atoms with Crippen LogP contribution in [0.3, 0.4) is 0 Å². The number of rotatable bonds is 9. The van der Waals surface area contributed by atoms with Crippen molar-refractivity contribution in [3.05, 3.63) is 59.0 Å². The molecule has 9 nitrogen and oxygen atoms in total. The molecule has 0 aliphatic rings. The fourth-order valence-corrected chi connectivity index (χ4v) is 3.92. The lowest BCUT2D eigenvalue weighted by Gasteiger charge is -2.17. The van der Waals surface area contributed by atoms with Crippen LogP contribution in [-0.4, -0.2) is 49.9 Å². The van der Waals surface area contributed by atoms with Gasteiger partial charge in [0.2, 0.25) is 5.95 Å². The second-order valence-corrected chi connectivity index (χ2v) is 8.14. The number of nitrogens with zero attached hydrogens (tertiary/aromatic N) is 5. The number of aromatic nitrogens is 6. The molecule has 4 rings (SSSR count). The summed E-state index contributed by atoms with van der Waals surface area (Å²) in [6.45, 7) is 1.93. The molecule has 11 heteroatoms. The highest BCUT2D eigenvalue weighted by molar-refractivity contribution is 8.00. The van der Waals surface area contributed by atoms with E-state index in [0.29, 0.717) is 39.7 Å². The molecule has 0 bridgehead atoms. The topological polar surface area (TPSA) is 103 Å². The van der Waals surface area contributed by atoms with E-state index in [1.807, 2.05) is 47.9 Å². The molecule has 0 fully saturated rings. The summed E-state index contributed by atoms with van der Waals surface area (Å²) in [5.74, 6) is 3.09. The van der Waals surface area contributed by atoms with E-state index in [1.54, 1.807) is 20.4 Å². The number of methoxy groups -OCH3 is 2. The molecular formula is C21H22ClN7O2S. The molecule has 2 N–H and O–H groups in total. The third kappa shape index (κ3) is 4.66. The van der Waals surface area contributed by atoms with E-state index in [4.69, 9.17) is 21.1 Å². The molecule has 3 aromatic heterocycles. The summed E-state index contributed by atoms with van der Waals surface area (Å²) in [5.41, 5.74) is 3.22. The molecule has 0 saturated heterocycles. The molecule has 3 heterocycles. The van der Waals surface area contributed by atoms with Gasteiger partial charge in [-0.25, -0.2) is 0 Å². The number of H-pyrrole nitrogens is 1. The maximum Gasteiger partial charge on any atom is 0.239 e. The quantitative estimate of drug-likeness (QED) is 0.274. The molecule has 4 aromatic rings. The van der Waals surface area contributed by atoms with Gasteiger partial charge in [0, 0.05) is 29.8 Å². The summed E-state index contributed by atoms with van der Waals surface area (Å²) in [6, 6.07) is 11.3. The Bertz CT molecular complexity index is 1170. The van der Waals surface area contributed by atoms with Crippen LogP contribution < -0.4 is 14.2 Å². The van der Waals surface area contributed by atoms with Crippen molar-refractivity contribution in [2.45, 2.75) is 13.3 Å². The van der Waals surface area contributed by atoms with Crippen LogP contribution in [0.4, 0.5) is 5.95 Å². The Labute approximate surface area is 194 Å². The number of hydrogen-bond acceptors (Lipinski definition) is 8. The molecule has 0 atom stereocenters. The van der Waals surface area contributed by atoms with Crippen LogP contribution in [0.1, 0.15) is 11.4 Å². The normalized spacial score (nSPS) is 10.9. The Morgan fingerprint density at radius 1 is 1.12 bits per heavy atom. The minimum atomic E-state index is 0.525. The zero-order valence-corrected chi connectivity index (χ0v) is 19.4. The van der Waals surface area contributed by atoms with Crippen LogP contribution in [0.2, 0.25) is 5.02 Å². The van der Waals surface area contributed by atoms with Crippen LogP contribution in [0.5, 0.6) is 11.5 Å². The van der Waals surface area contributed by atoms with Gasteiger partial charge in [0.15, 0.2) is 5.82 Å². The minimum absolute atomic E-state index is 0.525. The lowest BCUT2D eigenvalue weighted by molar-refractivity contribution is 0.391. The maximum atomic E-state index is 5.91. The van der Waals surface area contributed by atoms with Gasteiger partial charge < -0.3 is 9.47 Å². The SMILES string of the molecule is COc1cccc(OC)c1-n1c(NSCCc2ccc(Cl)cn2)nnc1-c1cc(C)[nH]n1. The van der Waals surface area contributed by atoms with Crippen molar-refractivity contribution in [1.82, 2.24) is 29.9 Å². The van der Waals surface area contributed by atoms with Crippen molar-refractivity contribution in [3.63, 3.8) is 0 Å². The number of aryl methyl sites for hydroxylation is 2. The monoisotopic (exact) mass is 471 g/mol. The molecule has 166 valence electrons. The lowest BCUT2D eigenvalue weighted by Crippen LogP contribution is -2.07. The van der Waals surface area contributed by atoms with E-state index in [2.05, 4.69) is 30.1 Å². The highest BCUT2D eigenvalue weighted by Gasteiger charge is 2.23. The summed E-state index contributed by atoms with van der Waals surface area (Å²) in [5, 5.41) is 16.7. The van der Waals surface area contributed by atoms with Crippen LogP contribution in [0.25, 0.3) is 17.2 Å². The third-order valence-corrected chi connectivity index (χ3v) is 5.59. The van der Waals surface area contributed by atoms with Crippen LogP contribution >= 0.6 is 23.5 Å². The fraction of sp³-hybridized carbons (Fsp3) is 0.238. The zero-order valence-electron chi connectivity index (χ0n) is 17.8. The number of aromatic amines is 1. The standard InChI is InChI=1S/C21H22ClN7O2S/c1-13-11-16(25-24-13)20-26-27-21(28-32-10-9-15-8-7-14(22)12-23-15)29(20)19-17(30-2)5-4-6-18(19)31-3/h4-8,11-12H,9-10H2,1-3H3,(H,24,25)(H,27,28). The van der Waals surface area contributed by atoms with Gasteiger partial charge in [-0.2, -0.15) is 5.10 Å². The lowest BCUT2D eigenvalue weighted by atomic mass is 10.2. The smallest absolute Gasteiger partial charge is 0.239 e. The van der Waals surface area contributed by atoms with Crippen molar-refractivity contribution in [3.8, 4) is 28.7 Å². The largest absolute Gasteiger partial charge is 0.494 e. The van der Waals surface area contributed by atoms with Gasteiger partial charge in [0.25, 0.3) is 0 Å². The molecule has 0 aliphatic heterocycles. The number of hydrogen-bond donors (Lipinski definition) is 2. The number of benzene rings is 1. The Morgan fingerprint density at radius 3 is 2.53 bits per heavy atom. The Balaban J connectivity index is 1.65. The molecule has 0 radical (unpaired) electrons. The molecule has 1 aromatic carbocycles. The van der Waals surface area contributed by atoms with E-state index in [0.717, 1.165) is 23.6 Å². The molecule has 32 heavy (non-hydrogen) atoms. The van der Waals surface area contributed by atoms with E-state index in [-0.39, 0.29) is 0 Å². The molecule has 0 saturated carbocycles. The number of nitrogens with one attached hydrogen (secondary N) is 2. The summed E-state index contributed by atoms with van der Waals surface area (Å²) in [7, 11) is 3.23. The number of pyridine rings is 1. The molecular weight excluding hydrogens is 450 g/mol. The Kier molecular flexibility index (Phi) is 6.81. The van der Waals surface area contributed by atoms with Crippen LogP contribution in [0, 0.1) is 6.92 Å². The van der Waals surface area contributed by atoms with E-state index in [9.17, 15) is 0 Å². The molecule has 0 aliphatic carbocycles. The first-order valence-electron chi connectivity index (χ1n) is 9.78.